The molecule has 0 radical (unpaired) electrons. The summed E-state index contributed by atoms with van der Waals surface area (Å²) in [4.78, 5) is 28.1. The molecule has 2 heterocycles. The first-order chi connectivity index (χ1) is 9.45. The molecule has 6 heteroatoms. The monoisotopic (exact) mass is 280 g/mol. The second kappa shape index (κ2) is 5.66. The Bertz CT molecular complexity index is 536. The molecule has 1 aromatic heterocycles. The number of aromatic carboxylic acids is 1. The van der Waals surface area contributed by atoms with E-state index >= 15 is 0 Å². The zero-order valence-electron chi connectivity index (χ0n) is 11.8. The van der Waals surface area contributed by atoms with Gasteiger partial charge in [0.15, 0.2) is 0 Å². The Morgan fingerprint density at radius 1 is 1.40 bits per heavy atom. The largest absolute Gasteiger partial charge is 0.477 e. The maximum Gasteiger partial charge on any atom is 0.352 e. The summed E-state index contributed by atoms with van der Waals surface area (Å²) in [5.41, 5.74) is 1.57. The third-order valence-corrected chi connectivity index (χ3v) is 3.93. The third-order valence-electron chi connectivity index (χ3n) is 3.93. The van der Waals surface area contributed by atoms with Crippen molar-refractivity contribution in [2.45, 2.75) is 26.7 Å². The zero-order chi connectivity index (χ0) is 14.9. The Morgan fingerprint density at radius 3 is 2.65 bits per heavy atom. The molecule has 1 aromatic rings. The fourth-order valence-electron chi connectivity index (χ4n) is 2.84. The van der Waals surface area contributed by atoms with Crippen LogP contribution in [-0.2, 0) is 0 Å². The fraction of sp³-hybridized carbons (Fsp3) is 0.571. The molecule has 110 valence electrons. The summed E-state index contributed by atoms with van der Waals surface area (Å²) in [6.07, 6.45) is 1.79. The van der Waals surface area contributed by atoms with E-state index in [1.165, 1.54) is 0 Å². The molecule has 0 saturated carbocycles. The van der Waals surface area contributed by atoms with E-state index in [0.717, 1.165) is 12.8 Å². The quantitative estimate of drug-likeness (QED) is 0.775. The lowest BCUT2D eigenvalue weighted by Crippen LogP contribution is -2.41. The van der Waals surface area contributed by atoms with Crippen LogP contribution in [0.25, 0.3) is 0 Å². The predicted molar refractivity (Wildman–Crippen MR) is 72.9 cm³/mol. The summed E-state index contributed by atoms with van der Waals surface area (Å²) in [5, 5.41) is 18.3. The van der Waals surface area contributed by atoms with Crippen LogP contribution in [0.4, 0.5) is 0 Å². The number of aliphatic hydroxyl groups excluding tert-OH is 1. The number of amides is 1. The molecular weight excluding hydrogens is 260 g/mol. The highest BCUT2D eigenvalue weighted by Gasteiger charge is 2.28. The predicted octanol–water partition coefficient (Wildman–Crippen LogP) is 1.17. The van der Waals surface area contributed by atoms with Crippen molar-refractivity contribution in [2.24, 2.45) is 5.92 Å². The molecule has 20 heavy (non-hydrogen) atoms. The van der Waals surface area contributed by atoms with E-state index in [2.05, 4.69) is 4.98 Å². The number of carboxylic acids is 1. The van der Waals surface area contributed by atoms with Crippen molar-refractivity contribution in [3.8, 4) is 0 Å². The van der Waals surface area contributed by atoms with Gasteiger partial charge in [-0.2, -0.15) is 0 Å². The highest BCUT2D eigenvalue weighted by molar-refractivity contribution is 6.00. The summed E-state index contributed by atoms with van der Waals surface area (Å²) < 4.78 is 0. The van der Waals surface area contributed by atoms with Gasteiger partial charge >= 0.3 is 5.97 Å². The van der Waals surface area contributed by atoms with E-state index < -0.39 is 5.97 Å². The third kappa shape index (κ3) is 2.56. The van der Waals surface area contributed by atoms with E-state index in [1.54, 1.807) is 18.7 Å². The number of likely N-dealkylation sites (tertiary alicyclic amines) is 1. The molecule has 1 fully saturated rings. The van der Waals surface area contributed by atoms with Gasteiger partial charge in [-0.25, -0.2) is 4.79 Å². The van der Waals surface area contributed by atoms with Crippen LogP contribution in [-0.4, -0.2) is 51.7 Å². The van der Waals surface area contributed by atoms with E-state index in [0.29, 0.717) is 29.9 Å². The molecule has 1 unspecified atom stereocenters. The maximum absolute atomic E-state index is 12.6. The van der Waals surface area contributed by atoms with Crippen LogP contribution in [0.15, 0.2) is 0 Å². The van der Waals surface area contributed by atoms with Gasteiger partial charge in [0, 0.05) is 25.4 Å². The number of hydrogen-bond acceptors (Lipinski definition) is 3. The Hall–Kier alpha value is -1.82. The average Bonchev–Trinajstić information content (AvgIpc) is 2.73. The number of aliphatic hydroxyl groups is 1. The highest BCUT2D eigenvalue weighted by atomic mass is 16.4. The number of piperidine rings is 1. The van der Waals surface area contributed by atoms with Gasteiger partial charge < -0.3 is 20.1 Å². The van der Waals surface area contributed by atoms with Crippen LogP contribution < -0.4 is 0 Å². The summed E-state index contributed by atoms with van der Waals surface area (Å²) >= 11 is 0. The number of carbonyl (C=O) groups excluding carboxylic acids is 1. The normalized spacial score (nSPS) is 19.1. The Balaban J connectivity index is 2.27. The van der Waals surface area contributed by atoms with Gasteiger partial charge in [0.25, 0.3) is 5.91 Å². The maximum atomic E-state index is 12.6. The number of aromatic nitrogens is 1. The SMILES string of the molecule is Cc1[nH]c(C(=O)O)c(C)c1C(=O)N1CCCC(CO)C1. The molecule has 2 rings (SSSR count). The highest BCUT2D eigenvalue weighted by Crippen LogP contribution is 2.23. The summed E-state index contributed by atoms with van der Waals surface area (Å²) in [6, 6.07) is 0. The lowest BCUT2D eigenvalue weighted by atomic mass is 9.98. The average molecular weight is 280 g/mol. The first kappa shape index (κ1) is 14.6. The number of aryl methyl sites for hydroxylation is 1. The van der Waals surface area contributed by atoms with Gasteiger partial charge in [0.05, 0.1) is 5.56 Å². The van der Waals surface area contributed by atoms with Gasteiger partial charge in [-0.15, -0.1) is 0 Å². The number of H-pyrrole nitrogens is 1. The van der Waals surface area contributed by atoms with Crippen LogP contribution >= 0.6 is 0 Å². The molecule has 0 bridgehead atoms. The molecule has 0 aromatic carbocycles. The van der Waals surface area contributed by atoms with Crippen LogP contribution in [0.1, 0.15) is 44.9 Å². The van der Waals surface area contributed by atoms with Crippen molar-refractivity contribution in [2.75, 3.05) is 19.7 Å². The van der Waals surface area contributed by atoms with E-state index in [1.807, 2.05) is 0 Å². The molecule has 0 aliphatic carbocycles. The molecule has 3 N–H and O–H groups in total. The first-order valence-electron chi connectivity index (χ1n) is 6.78. The van der Waals surface area contributed by atoms with Gasteiger partial charge in [0.1, 0.15) is 5.69 Å². The summed E-state index contributed by atoms with van der Waals surface area (Å²) in [5.74, 6) is -1.09. The standard InChI is InChI=1S/C14H20N2O4/c1-8-11(9(2)15-12(8)14(19)20)13(18)16-5-3-4-10(6-16)7-17/h10,15,17H,3-7H2,1-2H3,(H,19,20). The van der Waals surface area contributed by atoms with E-state index in [9.17, 15) is 14.7 Å². The Labute approximate surface area is 117 Å². The van der Waals surface area contributed by atoms with Crippen molar-refractivity contribution in [1.29, 1.82) is 0 Å². The first-order valence-corrected chi connectivity index (χ1v) is 6.78. The summed E-state index contributed by atoms with van der Waals surface area (Å²) in [6.45, 7) is 4.62. The minimum atomic E-state index is -1.06. The smallest absolute Gasteiger partial charge is 0.352 e. The summed E-state index contributed by atoms with van der Waals surface area (Å²) in [7, 11) is 0. The Morgan fingerprint density at radius 2 is 2.10 bits per heavy atom. The van der Waals surface area contributed by atoms with Gasteiger partial charge in [0.2, 0.25) is 0 Å². The zero-order valence-corrected chi connectivity index (χ0v) is 11.8. The van der Waals surface area contributed by atoms with Crippen LogP contribution in [0.2, 0.25) is 0 Å². The molecule has 1 aliphatic rings. The van der Waals surface area contributed by atoms with Crippen LogP contribution in [0.5, 0.6) is 0 Å². The number of hydrogen-bond donors (Lipinski definition) is 3. The number of nitrogens with one attached hydrogen (secondary N) is 1. The van der Waals surface area contributed by atoms with Crippen molar-refractivity contribution in [3.63, 3.8) is 0 Å². The second-order valence-corrected chi connectivity index (χ2v) is 5.37. The van der Waals surface area contributed by atoms with Crippen LogP contribution in [0.3, 0.4) is 0 Å². The number of carbonyl (C=O) groups is 2. The molecule has 1 atom stereocenters. The van der Waals surface area contributed by atoms with E-state index in [-0.39, 0.29) is 24.1 Å². The minimum Gasteiger partial charge on any atom is -0.477 e. The van der Waals surface area contributed by atoms with Gasteiger partial charge in [-0.05, 0) is 38.2 Å². The topological polar surface area (TPSA) is 93.6 Å². The lowest BCUT2D eigenvalue weighted by molar-refractivity contribution is 0.0619. The molecule has 1 saturated heterocycles. The molecule has 6 nitrogen and oxygen atoms in total. The Kier molecular flexibility index (Phi) is 4.13. The fourth-order valence-corrected chi connectivity index (χ4v) is 2.84. The number of nitrogens with zero attached hydrogens (tertiary/aromatic N) is 1. The van der Waals surface area contributed by atoms with Crippen LogP contribution in [0, 0.1) is 19.8 Å². The minimum absolute atomic E-state index is 0.0709. The van der Waals surface area contributed by atoms with E-state index in [4.69, 9.17) is 5.11 Å². The number of rotatable bonds is 3. The molecular formula is C14H20N2O4. The number of carboxylic acid groups (broad SMARTS) is 1. The van der Waals surface area contributed by atoms with Crippen molar-refractivity contribution < 1.29 is 19.8 Å². The van der Waals surface area contributed by atoms with Crippen molar-refractivity contribution >= 4 is 11.9 Å². The van der Waals surface area contributed by atoms with Gasteiger partial charge in [-0.3, -0.25) is 4.79 Å². The van der Waals surface area contributed by atoms with Crippen molar-refractivity contribution in [3.05, 3.63) is 22.5 Å². The van der Waals surface area contributed by atoms with Gasteiger partial charge in [-0.1, -0.05) is 0 Å². The lowest BCUT2D eigenvalue weighted by Gasteiger charge is -2.32. The number of aromatic amines is 1. The molecule has 1 amide bonds. The molecule has 1 aliphatic heterocycles. The molecule has 0 spiro atoms. The van der Waals surface area contributed by atoms with Crippen molar-refractivity contribution in [1.82, 2.24) is 9.88 Å². The second-order valence-electron chi connectivity index (χ2n) is 5.37.